The number of hydrogen-bond acceptors (Lipinski definition) is 3. The zero-order valence-electron chi connectivity index (χ0n) is 8.72. The van der Waals surface area contributed by atoms with Crippen molar-refractivity contribution in [3.8, 4) is 0 Å². The number of methoxy groups -OCH3 is 1. The molecule has 0 saturated heterocycles. The van der Waals surface area contributed by atoms with Crippen molar-refractivity contribution in [3.63, 3.8) is 0 Å². The molecule has 76 valence electrons. The van der Waals surface area contributed by atoms with E-state index in [0.29, 0.717) is 5.92 Å². The lowest BCUT2D eigenvalue weighted by molar-refractivity contribution is -0.150. The zero-order chi connectivity index (χ0) is 9.90. The summed E-state index contributed by atoms with van der Waals surface area (Å²) in [4.78, 5) is 11.6. The molecule has 2 atom stereocenters. The highest BCUT2D eigenvalue weighted by Crippen LogP contribution is 2.32. The summed E-state index contributed by atoms with van der Waals surface area (Å²) in [7, 11) is 3.30. The van der Waals surface area contributed by atoms with Crippen LogP contribution in [0.1, 0.15) is 32.6 Å². The van der Waals surface area contributed by atoms with Gasteiger partial charge in [-0.3, -0.25) is 4.79 Å². The number of carbonyl (C=O) groups excluding carboxylic acids is 1. The van der Waals surface area contributed by atoms with Gasteiger partial charge in [-0.25, -0.2) is 0 Å². The molecule has 2 unspecified atom stereocenters. The number of hydrogen-bond donors (Lipinski definition) is 1. The Hall–Kier alpha value is -0.570. The fourth-order valence-corrected chi connectivity index (χ4v) is 2.26. The van der Waals surface area contributed by atoms with Gasteiger partial charge in [-0.1, -0.05) is 19.8 Å². The Labute approximate surface area is 79.8 Å². The van der Waals surface area contributed by atoms with Crippen LogP contribution >= 0.6 is 0 Å². The third kappa shape index (κ3) is 2.02. The maximum absolute atomic E-state index is 11.6. The minimum Gasteiger partial charge on any atom is -0.468 e. The standard InChI is InChI=1S/C10H19NO2/c1-8-5-4-6-10(7-8,11-2)9(12)13-3/h8,11H,4-7H2,1-3H3. The minimum absolute atomic E-state index is 0.110. The van der Waals surface area contributed by atoms with Crippen LogP contribution in [0.4, 0.5) is 0 Å². The van der Waals surface area contributed by atoms with E-state index in [1.165, 1.54) is 13.5 Å². The molecule has 0 aromatic rings. The maximum Gasteiger partial charge on any atom is 0.326 e. The molecular weight excluding hydrogens is 166 g/mol. The molecule has 0 radical (unpaired) electrons. The molecule has 1 aliphatic rings. The van der Waals surface area contributed by atoms with Crippen LogP contribution in [0.15, 0.2) is 0 Å². The molecule has 0 aromatic carbocycles. The van der Waals surface area contributed by atoms with Crippen molar-refractivity contribution in [3.05, 3.63) is 0 Å². The van der Waals surface area contributed by atoms with Crippen molar-refractivity contribution in [1.29, 1.82) is 0 Å². The summed E-state index contributed by atoms with van der Waals surface area (Å²) in [5.74, 6) is 0.502. The third-order valence-electron chi connectivity index (χ3n) is 3.05. The summed E-state index contributed by atoms with van der Waals surface area (Å²) < 4.78 is 4.83. The van der Waals surface area contributed by atoms with E-state index in [2.05, 4.69) is 12.2 Å². The lowest BCUT2D eigenvalue weighted by Crippen LogP contribution is -2.53. The number of carbonyl (C=O) groups is 1. The van der Waals surface area contributed by atoms with E-state index >= 15 is 0 Å². The number of ether oxygens (including phenoxy) is 1. The van der Waals surface area contributed by atoms with Gasteiger partial charge < -0.3 is 10.1 Å². The summed E-state index contributed by atoms with van der Waals surface area (Å²) in [6.45, 7) is 2.19. The minimum atomic E-state index is -0.410. The van der Waals surface area contributed by atoms with Crippen molar-refractivity contribution in [1.82, 2.24) is 5.32 Å². The first-order chi connectivity index (χ1) is 6.14. The topological polar surface area (TPSA) is 38.3 Å². The van der Waals surface area contributed by atoms with E-state index < -0.39 is 5.54 Å². The molecule has 0 aliphatic heterocycles. The van der Waals surface area contributed by atoms with Crippen LogP contribution in [-0.2, 0) is 9.53 Å². The fourth-order valence-electron chi connectivity index (χ4n) is 2.26. The zero-order valence-corrected chi connectivity index (χ0v) is 8.72. The van der Waals surface area contributed by atoms with Crippen LogP contribution in [0, 0.1) is 5.92 Å². The van der Waals surface area contributed by atoms with Gasteiger partial charge in [0.2, 0.25) is 0 Å². The van der Waals surface area contributed by atoms with E-state index in [-0.39, 0.29) is 5.97 Å². The molecule has 3 heteroatoms. The highest BCUT2D eigenvalue weighted by Gasteiger charge is 2.41. The number of likely N-dealkylation sites (N-methyl/N-ethyl adjacent to an activating group) is 1. The molecule has 1 N–H and O–H groups in total. The number of rotatable bonds is 2. The van der Waals surface area contributed by atoms with Crippen molar-refractivity contribution < 1.29 is 9.53 Å². The first-order valence-corrected chi connectivity index (χ1v) is 4.92. The van der Waals surface area contributed by atoms with E-state index in [4.69, 9.17) is 4.74 Å². The van der Waals surface area contributed by atoms with Crippen molar-refractivity contribution in [2.24, 2.45) is 5.92 Å². The Kier molecular flexibility index (Phi) is 3.31. The molecule has 1 rings (SSSR count). The normalized spacial score (nSPS) is 34.2. The largest absolute Gasteiger partial charge is 0.468 e. The van der Waals surface area contributed by atoms with E-state index in [0.717, 1.165) is 19.3 Å². The van der Waals surface area contributed by atoms with Gasteiger partial charge in [-0.15, -0.1) is 0 Å². The Bertz CT molecular complexity index is 193. The molecule has 0 aromatic heterocycles. The molecular formula is C10H19NO2. The fraction of sp³-hybridized carbons (Fsp3) is 0.900. The van der Waals surface area contributed by atoms with E-state index in [9.17, 15) is 4.79 Å². The molecule has 1 fully saturated rings. The van der Waals surface area contributed by atoms with Gasteiger partial charge in [0.1, 0.15) is 5.54 Å². The Balaban J connectivity index is 2.73. The van der Waals surface area contributed by atoms with Gasteiger partial charge >= 0.3 is 5.97 Å². The second kappa shape index (κ2) is 4.09. The maximum atomic E-state index is 11.6. The Morgan fingerprint density at radius 1 is 1.62 bits per heavy atom. The highest BCUT2D eigenvalue weighted by molar-refractivity contribution is 5.80. The summed E-state index contributed by atoms with van der Waals surface area (Å²) in [6.07, 6.45) is 4.13. The first kappa shape index (κ1) is 10.5. The van der Waals surface area contributed by atoms with Crippen molar-refractivity contribution >= 4 is 5.97 Å². The summed E-state index contributed by atoms with van der Waals surface area (Å²) in [6, 6.07) is 0. The predicted molar refractivity (Wildman–Crippen MR) is 51.4 cm³/mol. The van der Waals surface area contributed by atoms with Crippen molar-refractivity contribution in [2.75, 3.05) is 14.2 Å². The SMILES string of the molecule is CNC1(C(=O)OC)CCCC(C)C1. The third-order valence-corrected chi connectivity index (χ3v) is 3.05. The van der Waals surface area contributed by atoms with Crippen LogP contribution in [-0.4, -0.2) is 25.7 Å². The van der Waals surface area contributed by atoms with E-state index in [1.54, 1.807) is 0 Å². The van der Waals surface area contributed by atoms with Gasteiger partial charge in [0, 0.05) is 0 Å². The lowest BCUT2D eigenvalue weighted by Gasteiger charge is -2.37. The smallest absolute Gasteiger partial charge is 0.326 e. The van der Waals surface area contributed by atoms with E-state index in [1.807, 2.05) is 7.05 Å². The predicted octanol–water partition coefficient (Wildman–Crippen LogP) is 1.33. The molecule has 3 nitrogen and oxygen atoms in total. The average Bonchev–Trinajstić information content (AvgIpc) is 2.16. The molecule has 13 heavy (non-hydrogen) atoms. The molecule has 0 bridgehead atoms. The van der Waals surface area contributed by atoms with Crippen LogP contribution in [0.25, 0.3) is 0 Å². The Morgan fingerprint density at radius 3 is 2.77 bits per heavy atom. The summed E-state index contributed by atoms with van der Waals surface area (Å²) >= 11 is 0. The highest BCUT2D eigenvalue weighted by atomic mass is 16.5. The lowest BCUT2D eigenvalue weighted by atomic mass is 9.76. The van der Waals surface area contributed by atoms with Gasteiger partial charge in [-0.05, 0) is 25.8 Å². The Morgan fingerprint density at radius 2 is 2.31 bits per heavy atom. The molecule has 0 amide bonds. The van der Waals surface area contributed by atoms with Gasteiger partial charge in [0.05, 0.1) is 7.11 Å². The number of nitrogens with one attached hydrogen (secondary N) is 1. The summed E-state index contributed by atoms with van der Waals surface area (Å²) in [5.41, 5.74) is -0.410. The van der Waals surface area contributed by atoms with Gasteiger partial charge in [0.25, 0.3) is 0 Å². The van der Waals surface area contributed by atoms with Crippen LogP contribution in [0.5, 0.6) is 0 Å². The first-order valence-electron chi connectivity index (χ1n) is 4.92. The van der Waals surface area contributed by atoms with Gasteiger partial charge in [0.15, 0.2) is 0 Å². The monoisotopic (exact) mass is 185 g/mol. The second-order valence-corrected chi connectivity index (χ2v) is 4.03. The molecule has 1 saturated carbocycles. The van der Waals surface area contributed by atoms with Crippen molar-refractivity contribution in [2.45, 2.75) is 38.1 Å². The average molecular weight is 185 g/mol. The van der Waals surface area contributed by atoms with Crippen LogP contribution in [0.2, 0.25) is 0 Å². The van der Waals surface area contributed by atoms with Crippen LogP contribution < -0.4 is 5.32 Å². The van der Waals surface area contributed by atoms with Crippen LogP contribution in [0.3, 0.4) is 0 Å². The summed E-state index contributed by atoms with van der Waals surface area (Å²) in [5, 5.41) is 3.12. The quantitative estimate of drug-likeness (QED) is 0.659. The number of esters is 1. The molecule has 0 heterocycles. The second-order valence-electron chi connectivity index (χ2n) is 4.03. The molecule has 1 aliphatic carbocycles. The van der Waals surface area contributed by atoms with Gasteiger partial charge in [-0.2, -0.15) is 0 Å². The molecule has 0 spiro atoms.